The van der Waals surface area contributed by atoms with Gasteiger partial charge in [-0.3, -0.25) is 0 Å². The van der Waals surface area contributed by atoms with Gasteiger partial charge in [0.25, 0.3) is 0 Å². The van der Waals surface area contributed by atoms with Crippen molar-refractivity contribution >= 4 is 11.9 Å². The van der Waals surface area contributed by atoms with E-state index in [1.54, 1.807) is 0 Å². The smallest absolute Gasteiger partial charge is 0.373 e. The van der Waals surface area contributed by atoms with Crippen molar-refractivity contribution in [3.05, 3.63) is 11.8 Å². The molecule has 0 spiro atoms. The number of hydrogen-bond donors (Lipinski definition) is 1. The molecule has 5 heteroatoms. The number of carbonyl (C=O) groups is 2. The van der Waals surface area contributed by atoms with Gasteiger partial charge in [-0.25, -0.2) is 9.59 Å². The summed E-state index contributed by atoms with van der Waals surface area (Å²) in [6, 6.07) is 0. The van der Waals surface area contributed by atoms with E-state index in [4.69, 9.17) is 5.11 Å². The SMILES string of the molecule is COC(=O)/C=C(\O)C(=O)OC. The number of hydrogen-bond acceptors (Lipinski definition) is 5. The van der Waals surface area contributed by atoms with E-state index in [9.17, 15) is 9.59 Å². The number of carbonyl (C=O) groups excluding carboxylic acids is 2. The maximum Gasteiger partial charge on any atom is 0.373 e. The van der Waals surface area contributed by atoms with Gasteiger partial charge in [0.1, 0.15) is 0 Å². The van der Waals surface area contributed by atoms with Crippen LogP contribution in [0.5, 0.6) is 0 Å². The van der Waals surface area contributed by atoms with E-state index in [0.717, 1.165) is 14.2 Å². The normalized spacial score (nSPS) is 10.5. The molecule has 0 saturated carbocycles. The van der Waals surface area contributed by atoms with Gasteiger partial charge < -0.3 is 14.6 Å². The van der Waals surface area contributed by atoms with E-state index in [1.165, 1.54) is 0 Å². The molecule has 0 saturated heterocycles. The lowest BCUT2D eigenvalue weighted by Gasteiger charge is -1.95. The number of rotatable bonds is 2. The Hall–Kier alpha value is -1.52. The van der Waals surface area contributed by atoms with E-state index in [1.807, 2.05) is 0 Å². The summed E-state index contributed by atoms with van der Waals surface area (Å²) in [6.45, 7) is 0. The number of aliphatic hydroxyl groups excluding tert-OH is 1. The molecule has 0 aliphatic heterocycles. The standard InChI is InChI=1S/C6H8O5/c1-10-5(8)3-4(7)6(9)11-2/h3,7H,1-2H3/b4-3-. The van der Waals surface area contributed by atoms with Crippen molar-refractivity contribution in [2.45, 2.75) is 0 Å². The molecule has 0 aromatic carbocycles. The van der Waals surface area contributed by atoms with Crippen LogP contribution in [-0.2, 0) is 19.1 Å². The molecule has 0 aromatic heterocycles. The molecule has 0 radical (unpaired) electrons. The number of ether oxygens (including phenoxy) is 2. The van der Waals surface area contributed by atoms with Crippen molar-refractivity contribution in [3.8, 4) is 0 Å². The molecule has 62 valence electrons. The van der Waals surface area contributed by atoms with Gasteiger partial charge in [-0.2, -0.15) is 0 Å². The molecular formula is C6H8O5. The van der Waals surface area contributed by atoms with Crippen LogP contribution in [-0.4, -0.2) is 31.3 Å². The van der Waals surface area contributed by atoms with Crippen molar-refractivity contribution in [1.82, 2.24) is 0 Å². The summed E-state index contributed by atoms with van der Waals surface area (Å²) in [4.78, 5) is 20.8. The Morgan fingerprint density at radius 1 is 1.27 bits per heavy atom. The Morgan fingerprint density at radius 2 is 1.82 bits per heavy atom. The van der Waals surface area contributed by atoms with Crippen LogP contribution in [0.25, 0.3) is 0 Å². The van der Waals surface area contributed by atoms with Crippen molar-refractivity contribution < 1.29 is 24.2 Å². The second kappa shape index (κ2) is 4.32. The molecule has 0 aliphatic rings. The highest BCUT2D eigenvalue weighted by Gasteiger charge is 2.08. The highest BCUT2D eigenvalue weighted by Crippen LogP contribution is 1.91. The van der Waals surface area contributed by atoms with Gasteiger partial charge in [-0.15, -0.1) is 0 Å². The molecule has 0 fully saturated rings. The lowest BCUT2D eigenvalue weighted by atomic mass is 10.4. The molecule has 0 aliphatic carbocycles. The third-order valence-electron chi connectivity index (χ3n) is 0.850. The summed E-state index contributed by atoms with van der Waals surface area (Å²) in [7, 11) is 2.22. The van der Waals surface area contributed by atoms with Gasteiger partial charge >= 0.3 is 11.9 Å². The predicted octanol–water partition coefficient (Wildman–Crippen LogP) is -0.226. The Bertz CT molecular complexity index is 193. The first kappa shape index (κ1) is 9.48. The van der Waals surface area contributed by atoms with Crippen molar-refractivity contribution in [2.24, 2.45) is 0 Å². The Balaban J connectivity index is 4.21. The first-order chi connectivity index (χ1) is 5.11. The zero-order valence-corrected chi connectivity index (χ0v) is 6.16. The Labute approximate surface area is 63.2 Å². The fourth-order valence-electron chi connectivity index (χ4n) is 0.334. The van der Waals surface area contributed by atoms with Crippen molar-refractivity contribution in [2.75, 3.05) is 14.2 Å². The average Bonchev–Trinajstić information content (AvgIpc) is 2.02. The first-order valence-electron chi connectivity index (χ1n) is 2.68. The summed E-state index contributed by atoms with van der Waals surface area (Å²) in [6.07, 6.45) is 0.631. The van der Waals surface area contributed by atoms with Crippen LogP contribution in [0.1, 0.15) is 0 Å². The van der Waals surface area contributed by atoms with Crippen LogP contribution in [0.15, 0.2) is 11.8 Å². The maximum atomic E-state index is 10.4. The zero-order chi connectivity index (χ0) is 8.85. The molecule has 0 bridgehead atoms. The lowest BCUT2D eigenvalue weighted by molar-refractivity contribution is -0.141. The first-order valence-corrected chi connectivity index (χ1v) is 2.68. The molecule has 11 heavy (non-hydrogen) atoms. The van der Waals surface area contributed by atoms with Crippen LogP contribution in [0, 0.1) is 0 Å². The fraction of sp³-hybridized carbons (Fsp3) is 0.333. The van der Waals surface area contributed by atoms with Gasteiger partial charge in [0, 0.05) is 0 Å². The van der Waals surface area contributed by atoms with E-state index in [-0.39, 0.29) is 0 Å². The topological polar surface area (TPSA) is 72.8 Å². The minimum atomic E-state index is -0.976. The third kappa shape index (κ3) is 3.24. The van der Waals surface area contributed by atoms with Gasteiger partial charge in [-0.1, -0.05) is 0 Å². The van der Waals surface area contributed by atoms with Crippen LogP contribution >= 0.6 is 0 Å². The number of esters is 2. The molecule has 0 atom stereocenters. The minimum Gasteiger partial charge on any atom is -0.502 e. The highest BCUT2D eigenvalue weighted by molar-refractivity contribution is 5.94. The van der Waals surface area contributed by atoms with Gasteiger partial charge in [0.2, 0.25) is 5.76 Å². The monoisotopic (exact) mass is 160 g/mol. The quantitative estimate of drug-likeness (QED) is 0.343. The molecule has 0 aromatic rings. The fourth-order valence-corrected chi connectivity index (χ4v) is 0.334. The molecule has 0 amide bonds. The van der Waals surface area contributed by atoms with Crippen LogP contribution < -0.4 is 0 Å². The van der Waals surface area contributed by atoms with E-state index < -0.39 is 17.7 Å². The van der Waals surface area contributed by atoms with Crippen LogP contribution in [0.4, 0.5) is 0 Å². The lowest BCUT2D eigenvalue weighted by Crippen LogP contribution is -2.07. The Kier molecular flexibility index (Phi) is 3.72. The van der Waals surface area contributed by atoms with E-state index >= 15 is 0 Å². The second-order valence-corrected chi connectivity index (χ2v) is 1.54. The maximum absolute atomic E-state index is 10.4. The predicted molar refractivity (Wildman–Crippen MR) is 34.7 cm³/mol. The van der Waals surface area contributed by atoms with Gasteiger partial charge in [0.15, 0.2) is 0 Å². The van der Waals surface area contributed by atoms with Crippen molar-refractivity contribution in [1.29, 1.82) is 0 Å². The van der Waals surface area contributed by atoms with Crippen molar-refractivity contribution in [3.63, 3.8) is 0 Å². The molecule has 0 unspecified atom stereocenters. The molecule has 0 heterocycles. The summed E-state index contributed by atoms with van der Waals surface area (Å²) >= 11 is 0. The minimum absolute atomic E-state index is 0.631. The van der Waals surface area contributed by atoms with E-state index in [0.29, 0.717) is 6.08 Å². The highest BCUT2D eigenvalue weighted by atomic mass is 16.5. The molecule has 1 N–H and O–H groups in total. The number of methoxy groups -OCH3 is 2. The van der Waals surface area contributed by atoms with Crippen LogP contribution in [0.3, 0.4) is 0 Å². The summed E-state index contributed by atoms with van der Waals surface area (Å²) < 4.78 is 8.22. The second-order valence-electron chi connectivity index (χ2n) is 1.54. The summed E-state index contributed by atoms with van der Waals surface area (Å²) in [5, 5.41) is 8.70. The molecule has 5 nitrogen and oxygen atoms in total. The van der Waals surface area contributed by atoms with Crippen LogP contribution in [0.2, 0.25) is 0 Å². The third-order valence-corrected chi connectivity index (χ3v) is 0.850. The summed E-state index contributed by atoms with van der Waals surface area (Å²) in [5.41, 5.74) is 0. The van der Waals surface area contributed by atoms with Gasteiger partial charge in [-0.05, 0) is 0 Å². The average molecular weight is 160 g/mol. The summed E-state index contributed by atoms with van der Waals surface area (Å²) in [5.74, 6) is -2.57. The largest absolute Gasteiger partial charge is 0.502 e. The zero-order valence-electron chi connectivity index (χ0n) is 6.16. The molecular weight excluding hydrogens is 152 g/mol. The molecule has 0 rings (SSSR count). The van der Waals surface area contributed by atoms with E-state index in [2.05, 4.69) is 9.47 Å². The Morgan fingerprint density at radius 3 is 2.18 bits per heavy atom. The number of aliphatic hydroxyl groups is 1. The van der Waals surface area contributed by atoms with Gasteiger partial charge in [0.05, 0.1) is 20.3 Å².